The predicted molar refractivity (Wildman–Crippen MR) is 74.3 cm³/mol. The van der Waals surface area contributed by atoms with E-state index in [-0.39, 0.29) is 5.54 Å². The molecule has 1 heterocycles. The molecule has 1 nitrogen and oxygen atoms in total. The first kappa shape index (κ1) is 13.7. The molecule has 0 aliphatic carbocycles. The normalized spacial score (nSPS) is 14.1. The lowest BCUT2D eigenvalue weighted by Gasteiger charge is -2.23. The second-order valence-corrected chi connectivity index (χ2v) is 6.91. The van der Waals surface area contributed by atoms with Crippen LogP contribution < -0.4 is 5.32 Å². The highest BCUT2D eigenvalue weighted by molar-refractivity contribution is 7.11. The third-order valence-electron chi connectivity index (χ3n) is 2.60. The second-order valence-electron chi connectivity index (χ2n) is 5.66. The maximum Gasteiger partial charge on any atom is 0.00966 e. The molecule has 0 fully saturated rings. The Hall–Kier alpha value is -0.340. The molecule has 92 valence electrons. The lowest BCUT2D eigenvalue weighted by Crippen LogP contribution is -2.38. The molecule has 0 radical (unpaired) electrons. The Kier molecular flexibility index (Phi) is 5.00. The first-order valence-corrected chi connectivity index (χ1v) is 7.05. The van der Waals surface area contributed by atoms with Gasteiger partial charge in [-0.15, -0.1) is 11.3 Å². The van der Waals surface area contributed by atoms with Crippen molar-refractivity contribution < 1.29 is 0 Å². The van der Waals surface area contributed by atoms with Gasteiger partial charge in [0.15, 0.2) is 0 Å². The summed E-state index contributed by atoms with van der Waals surface area (Å²) < 4.78 is 0. The van der Waals surface area contributed by atoms with Gasteiger partial charge in [0.05, 0.1) is 0 Å². The summed E-state index contributed by atoms with van der Waals surface area (Å²) in [5.41, 5.74) is 0.234. The highest BCUT2D eigenvalue weighted by atomic mass is 32.1. The quantitative estimate of drug-likeness (QED) is 0.822. The van der Waals surface area contributed by atoms with Gasteiger partial charge >= 0.3 is 0 Å². The fraction of sp³-hybridized carbons (Fsp3) is 0.714. The number of hydrogen-bond donors (Lipinski definition) is 1. The van der Waals surface area contributed by atoms with Gasteiger partial charge in [0.25, 0.3) is 0 Å². The van der Waals surface area contributed by atoms with Gasteiger partial charge in [0.1, 0.15) is 0 Å². The summed E-state index contributed by atoms with van der Waals surface area (Å²) >= 11 is 1.97. The molecular weight excluding hydrogens is 214 g/mol. The van der Waals surface area contributed by atoms with Gasteiger partial charge in [-0.25, -0.2) is 0 Å². The summed E-state index contributed by atoms with van der Waals surface area (Å²) in [6.45, 7) is 12.3. The summed E-state index contributed by atoms with van der Waals surface area (Å²) in [6.07, 6.45) is 2.37. The molecule has 1 N–H and O–H groups in total. The van der Waals surface area contributed by atoms with E-state index in [4.69, 9.17) is 0 Å². The van der Waals surface area contributed by atoms with Crippen LogP contribution in [0.5, 0.6) is 0 Å². The standard InChI is InChI=1S/C14H25NS/c1-6-12-7-8-13(16-12)9-11(2)10-15-14(3,4)5/h7-8,11,15H,6,9-10H2,1-5H3. The zero-order valence-corrected chi connectivity index (χ0v) is 12.1. The minimum Gasteiger partial charge on any atom is -0.312 e. The van der Waals surface area contributed by atoms with Gasteiger partial charge in [-0.05, 0) is 58.2 Å². The van der Waals surface area contributed by atoms with Gasteiger partial charge in [0, 0.05) is 15.3 Å². The SMILES string of the molecule is CCc1ccc(CC(C)CNC(C)(C)C)s1. The van der Waals surface area contributed by atoms with Crippen LogP contribution in [0.1, 0.15) is 44.4 Å². The maximum absolute atomic E-state index is 3.57. The van der Waals surface area contributed by atoms with Crippen molar-refractivity contribution in [3.8, 4) is 0 Å². The van der Waals surface area contributed by atoms with Gasteiger partial charge in [-0.2, -0.15) is 0 Å². The number of hydrogen-bond acceptors (Lipinski definition) is 2. The summed E-state index contributed by atoms with van der Waals surface area (Å²) in [7, 11) is 0. The molecule has 1 unspecified atom stereocenters. The van der Waals surface area contributed by atoms with Crippen LogP contribution in [-0.4, -0.2) is 12.1 Å². The Morgan fingerprint density at radius 1 is 1.25 bits per heavy atom. The molecule has 0 saturated heterocycles. The lowest BCUT2D eigenvalue weighted by molar-refractivity contribution is 0.382. The summed E-state index contributed by atoms with van der Waals surface area (Å²) in [5.74, 6) is 0.711. The highest BCUT2D eigenvalue weighted by Gasteiger charge is 2.12. The van der Waals surface area contributed by atoms with Gasteiger partial charge in [-0.1, -0.05) is 13.8 Å². The van der Waals surface area contributed by atoms with E-state index in [0.717, 1.165) is 6.54 Å². The van der Waals surface area contributed by atoms with Crippen LogP contribution in [0.2, 0.25) is 0 Å². The fourth-order valence-electron chi connectivity index (χ4n) is 1.62. The van der Waals surface area contributed by atoms with Crippen molar-refractivity contribution in [2.75, 3.05) is 6.54 Å². The van der Waals surface area contributed by atoms with E-state index >= 15 is 0 Å². The third kappa shape index (κ3) is 5.13. The van der Waals surface area contributed by atoms with E-state index < -0.39 is 0 Å². The topological polar surface area (TPSA) is 12.0 Å². The van der Waals surface area contributed by atoms with Crippen LogP contribution in [0.15, 0.2) is 12.1 Å². The summed E-state index contributed by atoms with van der Waals surface area (Å²) in [4.78, 5) is 3.03. The fourth-order valence-corrected chi connectivity index (χ4v) is 2.74. The number of nitrogens with one attached hydrogen (secondary N) is 1. The molecule has 0 saturated carbocycles. The van der Waals surface area contributed by atoms with Crippen molar-refractivity contribution in [2.24, 2.45) is 5.92 Å². The van der Waals surface area contributed by atoms with Crippen molar-refractivity contribution in [3.63, 3.8) is 0 Å². The van der Waals surface area contributed by atoms with Gasteiger partial charge < -0.3 is 5.32 Å². The molecule has 1 aromatic heterocycles. The molecule has 2 heteroatoms. The molecular formula is C14H25NS. The number of aryl methyl sites for hydroxylation is 1. The Morgan fingerprint density at radius 3 is 2.38 bits per heavy atom. The van der Waals surface area contributed by atoms with Gasteiger partial charge in [-0.3, -0.25) is 0 Å². The zero-order valence-electron chi connectivity index (χ0n) is 11.3. The molecule has 0 spiro atoms. The van der Waals surface area contributed by atoms with E-state index in [1.165, 1.54) is 22.6 Å². The lowest BCUT2D eigenvalue weighted by atomic mass is 10.0. The smallest absolute Gasteiger partial charge is 0.00966 e. The average Bonchev–Trinajstić information content (AvgIpc) is 2.61. The van der Waals surface area contributed by atoms with Crippen LogP contribution >= 0.6 is 11.3 Å². The van der Waals surface area contributed by atoms with Crippen LogP contribution in [0.25, 0.3) is 0 Å². The first-order chi connectivity index (χ1) is 7.40. The van der Waals surface area contributed by atoms with Crippen molar-refractivity contribution in [1.82, 2.24) is 5.32 Å². The minimum absolute atomic E-state index is 0.234. The van der Waals surface area contributed by atoms with E-state index in [9.17, 15) is 0 Å². The van der Waals surface area contributed by atoms with Crippen molar-refractivity contribution >= 4 is 11.3 Å². The molecule has 16 heavy (non-hydrogen) atoms. The van der Waals surface area contributed by atoms with E-state index in [1.807, 2.05) is 11.3 Å². The monoisotopic (exact) mass is 239 g/mol. The molecule has 1 aromatic rings. The molecule has 0 bridgehead atoms. The molecule has 0 aliphatic heterocycles. The van der Waals surface area contributed by atoms with Crippen LogP contribution in [0.3, 0.4) is 0 Å². The summed E-state index contributed by atoms with van der Waals surface area (Å²) in [5, 5.41) is 3.57. The molecule has 0 aliphatic rings. The number of rotatable bonds is 5. The van der Waals surface area contributed by atoms with Crippen LogP contribution in [0.4, 0.5) is 0 Å². The molecule has 0 aromatic carbocycles. The second kappa shape index (κ2) is 5.83. The van der Waals surface area contributed by atoms with E-state index in [1.54, 1.807) is 0 Å². The van der Waals surface area contributed by atoms with Crippen LogP contribution in [0, 0.1) is 5.92 Å². The molecule has 1 rings (SSSR count). The highest BCUT2D eigenvalue weighted by Crippen LogP contribution is 2.20. The van der Waals surface area contributed by atoms with Gasteiger partial charge in [0.2, 0.25) is 0 Å². The Labute approximate surface area is 104 Å². The van der Waals surface area contributed by atoms with E-state index in [0.29, 0.717) is 5.92 Å². The third-order valence-corrected chi connectivity index (χ3v) is 3.85. The Bertz CT molecular complexity index is 309. The van der Waals surface area contributed by atoms with Crippen LogP contribution in [-0.2, 0) is 12.8 Å². The van der Waals surface area contributed by atoms with Crippen molar-refractivity contribution in [2.45, 2.75) is 53.0 Å². The van der Waals surface area contributed by atoms with Crippen molar-refractivity contribution in [1.29, 1.82) is 0 Å². The Morgan fingerprint density at radius 2 is 1.88 bits per heavy atom. The van der Waals surface area contributed by atoms with E-state index in [2.05, 4.69) is 52.1 Å². The minimum atomic E-state index is 0.234. The molecule has 0 amide bonds. The Balaban J connectivity index is 2.36. The maximum atomic E-state index is 3.57. The average molecular weight is 239 g/mol. The first-order valence-electron chi connectivity index (χ1n) is 6.23. The zero-order chi connectivity index (χ0) is 12.2. The van der Waals surface area contributed by atoms with Crippen molar-refractivity contribution in [3.05, 3.63) is 21.9 Å². The predicted octanol–water partition coefficient (Wildman–Crippen LogP) is 3.88. The number of thiophene rings is 1. The molecule has 1 atom stereocenters. The summed E-state index contributed by atoms with van der Waals surface area (Å²) in [6, 6.07) is 4.56. The largest absolute Gasteiger partial charge is 0.312 e.